The van der Waals surface area contributed by atoms with E-state index in [2.05, 4.69) is 21.1 Å². The maximum Gasteiger partial charge on any atom is 0.247 e. The molecule has 4 heterocycles. The van der Waals surface area contributed by atoms with E-state index in [1.807, 2.05) is 18.3 Å². The lowest BCUT2D eigenvalue weighted by Crippen LogP contribution is -2.35. The molecular formula is C20H18N6O2. The van der Waals surface area contributed by atoms with Crippen molar-refractivity contribution < 1.29 is 9.53 Å². The van der Waals surface area contributed by atoms with Crippen molar-refractivity contribution in [2.75, 3.05) is 18.6 Å². The van der Waals surface area contributed by atoms with Crippen LogP contribution in [0, 0.1) is 22.7 Å². The molecule has 1 saturated heterocycles. The van der Waals surface area contributed by atoms with E-state index in [4.69, 9.17) is 4.74 Å². The van der Waals surface area contributed by atoms with Gasteiger partial charge in [0.25, 0.3) is 0 Å². The Labute approximate surface area is 161 Å². The van der Waals surface area contributed by atoms with Crippen LogP contribution in [-0.2, 0) is 4.79 Å². The zero-order chi connectivity index (χ0) is 19.3. The van der Waals surface area contributed by atoms with E-state index in [9.17, 15) is 10.1 Å². The second-order valence-corrected chi connectivity index (χ2v) is 7.26. The van der Waals surface area contributed by atoms with Crippen LogP contribution >= 0.6 is 0 Å². The Morgan fingerprint density at radius 2 is 2.18 bits per heavy atom. The van der Waals surface area contributed by atoms with Crippen LogP contribution in [0.2, 0.25) is 0 Å². The van der Waals surface area contributed by atoms with Crippen LogP contribution in [0.4, 0.5) is 5.69 Å². The van der Waals surface area contributed by atoms with Crippen LogP contribution in [0.3, 0.4) is 0 Å². The molecule has 1 saturated carbocycles. The first-order valence-electron chi connectivity index (χ1n) is 9.24. The van der Waals surface area contributed by atoms with Crippen molar-refractivity contribution in [1.29, 1.82) is 5.26 Å². The number of carbonyl (C=O) groups excluding carboxylic acids is 1. The van der Waals surface area contributed by atoms with Crippen molar-refractivity contribution >= 4 is 17.1 Å². The van der Waals surface area contributed by atoms with Crippen molar-refractivity contribution in [1.82, 2.24) is 19.6 Å². The summed E-state index contributed by atoms with van der Waals surface area (Å²) in [6.07, 6.45) is 7.62. The minimum absolute atomic E-state index is 0.0917. The number of ether oxygens (including phenoxy) is 1. The summed E-state index contributed by atoms with van der Waals surface area (Å²) in [5.74, 6) is 1.10. The van der Waals surface area contributed by atoms with E-state index in [0.717, 1.165) is 29.6 Å². The molecule has 1 aliphatic heterocycles. The van der Waals surface area contributed by atoms with Crippen LogP contribution in [0.15, 0.2) is 36.8 Å². The Kier molecular flexibility index (Phi) is 3.59. The second-order valence-electron chi connectivity index (χ2n) is 7.26. The topological polar surface area (TPSA) is 96.4 Å². The lowest BCUT2D eigenvalue weighted by molar-refractivity contribution is -0.123. The van der Waals surface area contributed by atoms with Gasteiger partial charge < -0.3 is 9.64 Å². The van der Waals surface area contributed by atoms with Crippen molar-refractivity contribution in [3.8, 4) is 23.3 Å². The summed E-state index contributed by atoms with van der Waals surface area (Å²) < 4.78 is 6.89. The minimum atomic E-state index is -0.869. The van der Waals surface area contributed by atoms with Gasteiger partial charge in [-0.3, -0.25) is 4.79 Å². The number of hydrogen-bond donors (Lipinski definition) is 0. The molecule has 28 heavy (non-hydrogen) atoms. The minimum Gasteiger partial charge on any atom is -0.481 e. The van der Waals surface area contributed by atoms with Crippen LogP contribution in [0.5, 0.6) is 5.88 Å². The monoisotopic (exact) mass is 374 g/mol. The van der Waals surface area contributed by atoms with Crippen molar-refractivity contribution in [3.63, 3.8) is 0 Å². The molecule has 0 spiro atoms. The van der Waals surface area contributed by atoms with Gasteiger partial charge in [0, 0.05) is 36.8 Å². The fourth-order valence-corrected chi connectivity index (χ4v) is 4.06. The lowest BCUT2D eigenvalue weighted by atomic mass is 9.83. The number of anilines is 1. The Morgan fingerprint density at radius 1 is 1.32 bits per heavy atom. The van der Waals surface area contributed by atoms with Gasteiger partial charge in [0.1, 0.15) is 5.41 Å². The number of methoxy groups -OCH3 is 1. The van der Waals surface area contributed by atoms with Gasteiger partial charge in [-0.25, -0.2) is 9.50 Å². The van der Waals surface area contributed by atoms with Gasteiger partial charge in [-0.15, -0.1) is 0 Å². The first kappa shape index (κ1) is 16.7. The van der Waals surface area contributed by atoms with Gasteiger partial charge in [-0.2, -0.15) is 15.3 Å². The number of carbonyl (C=O) groups is 1. The Morgan fingerprint density at radius 3 is 2.93 bits per heavy atom. The normalized spacial score (nSPS) is 21.9. The number of nitrogens with zero attached hydrogens (tertiary/aromatic N) is 6. The fourth-order valence-electron chi connectivity index (χ4n) is 4.06. The quantitative estimate of drug-likeness (QED) is 0.696. The summed E-state index contributed by atoms with van der Waals surface area (Å²) in [7, 11) is 1.56. The predicted molar refractivity (Wildman–Crippen MR) is 101 cm³/mol. The number of amides is 1. The third-order valence-corrected chi connectivity index (χ3v) is 5.70. The maximum atomic E-state index is 13.2. The molecule has 0 N–H and O–H groups in total. The first-order valence-corrected chi connectivity index (χ1v) is 9.24. The van der Waals surface area contributed by atoms with E-state index in [1.54, 1.807) is 35.0 Å². The van der Waals surface area contributed by atoms with Crippen molar-refractivity contribution in [2.24, 2.45) is 11.3 Å². The highest BCUT2D eigenvalue weighted by atomic mass is 16.5. The maximum absolute atomic E-state index is 13.2. The van der Waals surface area contributed by atoms with Crippen LogP contribution < -0.4 is 9.64 Å². The van der Waals surface area contributed by atoms with Crippen LogP contribution in [-0.4, -0.2) is 39.1 Å². The summed E-state index contributed by atoms with van der Waals surface area (Å²) in [6.45, 7) is 0.540. The molecule has 0 unspecified atom stereocenters. The molecule has 3 aromatic heterocycles. The van der Waals surface area contributed by atoms with E-state index >= 15 is 0 Å². The summed E-state index contributed by atoms with van der Waals surface area (Å²) >= 11 is 0. The van der Waals surface area contributed by atoms with Gasteiger partial charge >= 0.3 is 0 Å². The largest absolute Gasteiger partial charge is 0.481 e. The average Bonchev–Trinajstić information content (AvgIpc) is 3.40. The third-order valence-electron chi connectivity index (χ3n) is 5.70. The molecule has 1 amide bonds. The SMILES string of the molecule is COc1ccnc(-c2cc3c(N4CC[C@@](C#N)(C5CC5)C4=O)ccnn3c2)n1. The van der Waals surface area contributed by atoms with Gasteiger partial charge in [0.2, 0.25) is 11.8 Å². The van der Waals surface area contributed by atoms with Gasteiger partial charge in [0.15, 0.2) is 5.82 Å². The molecule has 0 aromatic carbocycles. The molecule has 140 valence electrons. The van der Waals surface area contributed by atoms with E-state index in [-0.39, 0.29) is 11.8 Å². The highest BCUT2D eigenvalue weighted by Crippen LogP contribution is 2.52. The highest BCUT2D eigenvalue weighted by molar-refractivity contribution is 6.05. The standard InChI is InChI=1S/C20H18N6O2/c1-28-17-5-7-22-18(24-17)13-10-16-15(4-8-23-26(16)11-13)25-9-6-20(12-21,19(25)27)14-2-3-14/h4-5,7-8,10-11,14H,2-3,6,9H2,1H3/t20-/m1/s1. The number of rotatable bonds is 4. The Hall–Kier alpha value is -3.47. The Bertz CT molecular complexity index is 1130. The molecule has 3 aromatic rings. The molecule has 1 aliphatic carbocycles. The summed E-state index contributed by atoms with van der Waals surface area (Å²) in [5.41, 5.74) is 1.44. The molecular weight excluding hydrogens is 356 g/mol. The fraction of sp³-hybridized carbons (Fsp3) is 0.350. The van der Waals surface area contributed by atoms with Gasteiger partial charge in [-0.1, -0.05) is 0 Å². The first-order chi connectivity index (χ1) is 13.7. The molecule has 2 fully saturated rings. The highest BCUT2D eigenvalue weighted by Gasteiger charge is 2.56. The molecule has 8 heteroatoms. The van der Waals surface area contributed by atoms with Crippen molar-refractivity contribution in [3.05, 3.63) is 36.8 Å². The molecule has 5 rings (SSSR count). The zero-order valence-corrected chi connectivity index (χ0v) is 15.4. The molecule has 0 radical (unpaired) electrons. The van der Waals surface area contributed by atoms with Gasteiger partial charge in [-0.05, 0) is 37.3 Å². The summed E-state index contributed by atoms with van der Waals surface area (Å²) in [4.78, 5) is 23.6. The lowest BCUT2D eigenvalue weighted by Gasteiger charge is -2.21. The van der Waals surface area contributed by atoms with E-state index in [1.165, 1.54) is 0 Å². The van der Waals surface area contributed by atoms with Crippen LogP contribution in [0.25, 0.3) is 16.9 Å². The van der Waals surface area contributed by atoms with Crippen LogP contribution in [0.1, 0.15) is 19.3 Å². The number of fused-ring (bicyclic) bond motifs is 1. The zero-order valence-electron chi connectivity index (χ0n) is 15.4. The summed E-state index contributed by atoms with van der Waals surface area (Å²) in [6, 6.07) is 7.75. The third kappa shape index (κ3) is 2.36. The molecule has 2 aliphatic rings. The molecule has 8 nitrogen and oxygen atoms in total. The average molecular weight is 374 g/mol. The smallest absolute Gasteiger partial charge is 0.247 e. The van der Waals surface area contributed by atoms with E-state index in [0.29, 0.717) is 24.7 Å². The molecule has 1 atom stereocenters. The molecule has 0 bridgehead atoms. The van der Waals surface area contributed by atoms with Crippen molar-refractivity contribution in [2.45, 2.75) is 19.3 Å². The number of nitriles is 1. The summed E-state index contributed by atoms with van der Waals surface area (Å²) in [5, 5.41) is 14.1. The van der Waals surface area contributed by atoms with Gasteiger partial charge in [0.05, 0.1) is 24.4 Å². The second kappa shape index (κ2) is 6.02. The predicted octanol–water partition coefficient (Wildman–Crippen LogP) is 2.46. The van der Waals surface area contributed by atoms with E-state index < -0.39 is 5.41 Å². The Balaban J connectivity index is 1.57. The number of aromatic nitrogens is 4. The number of hydrogen-bond acceptors (Lipinski definition) is 6.